The van der Waals surface area contributed by atoms with Gasteiger partial charge in [0.25, 0.3) is 0 Å². The Morgan fingerprint density at radius 3 is 2.66 bits per heavy atom. The summed E-state index contributed by atoms with van der Waals surface area (Å²) in [4.78, 5) is 34.2. The quantitative estimate of drug-likeness (QED) is 0.556. The Bertz CT molecular complexity index is 1140. The van der Waals surface area contributed by atoms with Crippen molar-refractivity contribution in [1.29, 1.82) is 0 Å². The predicted molar refractivity (Wildman–Crippen MR) is 132 cm³/mol. The van der Waals surface area contributed by atoms with Crippen molar-refractivity contribution in [2.75, 3.05) is 26.4 Å². The monoisotopic (exact) mass is 499 g/mol. The van der Waals surface area contributed by atoms with Gasteiger partial charge in [0.05, 0.1) is 4.90 Å². The molecule has 10 heteroatoms. The summed E-state index contributed by atoms with van der Waals surface area (Å²) in [6, 6.07) is 10.5. The summed E-state index contributed by atoms with van der Waals surface area (Å²) in [5.41, 5.74) is 1.93. The van der Waals surface area contributed by atoms with Gasteiger partial charge < -0.3 is 10.6 Å². The molecule has 1 aromatic carbocycles. The molecule has 1 aromatic heterocycles. The van der Waals surface area contributed by atoms with Crippen molar-refractivity contribution in [3.8, 4) is 0 Å². The van der Waals surface area contributed by atoms with Crippen LogP contribution in [-0.2, 0) is 32.5 Å². The zero-order chi connectivity index (χ0) is 25.0. The molecule has 3 heterocycles. The molecule has 2 aromatic rings. The van der Waals surface area contributed by atoms with E-state index < -0.39 is 9.84 Å². The van der Waals surface area contributed by atoms with Crippen LogP contribution in [-0.4, -0.2) is 79.5 Å². The highest BCUT2D eigenvalue weighted by Gasteiger charge is 2.44. The Kier molecular flexibility index (Phi) is 7.83. The second kappa shape index (κ2) is 10.8. The molecule has 2 amide bonds. The molecule has 0 saturated carbocycles. The Balaban J connectivity index is 1.34. The maximum Gasteiger partial charge on any atom is 0.239 e. The minimum Gasteiger partial charge on any atom is -0.353 e. The van der Waals surface area contributed by atoms with E-state index in [4.69, 9.17) is 0 Å². The average Bonchev–Trinajstić information content (AvgIpc) is 3.21. The maximum atomic E-state index is 13.0. The van der Waals surface area contributed by atoms with Gasteiger partial charge in [0, 0.05) is 63.3 Å². The maximum absolute atomic E-state index is 13.0. The molecule has 0 radical (unpaired) electrons. The van der Waals surface area contributed by atoms with Gasteiger partial charge >= 0.3 is 0 Å². The Morgan fingerprint density at radius 1 is 1.20 bits per heavy atom. The van der Waals surface area contributed by atoms with Crippen molar-refractivity contribution in [3.63, 3.8) is 0 Å². The van der Waals surface area contributed by atoms with Crippen molar-refractivity contribution in [3.05, 3.63) is 59.9 Å². The number of nitrogens with one attached hydrogen (secondary N) is 2. The van der Waals surface area contributed by atoms with Gasteiger partial charge in [-0.2, -0.15) is 0 Å². The molecule has 188 valence electrons. The van der Waals surface area contributed by atoms with Gasteiger partial charge in [0.2, 0.25) is 11.8 Å². The van der Waals surface area contributed by atoms with E-state index in [0.29, 0.717) is 37.4 Å². The van der Waals surface area contributed by atoms with E-state index in [0.717, 1.165) is 24.1 Å². The van der Waals surface area contributed by atoms with Crippen molar-refractivity contribution < 1.29 is 18.0 Å². The summed E-state index contributed by atoms with van der Waals surface area (Å²) in [6.07, 6.45) is 6.54. The van der Waals surface area contributed by atoms with Crippen LogP contribution in [0.2, 0.25) is 0 Å². The lowest BCUT2D eigenvalue weighted by Crippen LogP contribution is -2.49. The first-order chi connectivity index (χ1) is 16.7. The minimum atomic E-state index is -3.24. The van der Waals surface area contributed by atoms with E-state index in [1.165, 1.54) is 6.26 Å². The Morgan fingerprint density at radius 2 is 1.97 bits per heavy atom. The van der Waals surface area contributed by atoms with Crippen LogP contribution in [0.25, 0.3) is 0 Å². The van der Waals surface area contributed by atoms with Crippen LogP contribution < -0.4 is 10.6 Å². The number of carbonyl (C=O) groups excluding carboxylic acids is 2. The number of nitrogens with zero attached hydrogens (tertiary/aromatic N) is 3. The fraction of sp³-hybridized carbons (Fsp3) is 0.480. The van der Waals surface area contributed by atoms with Crippen LogP contribution >= 0.6 is 0 Å². The highest BCUT2D eigenvalue weighted by Crippen LogP contribution is 2.28. The third-order valence-electron chi connectivity index (χ3n) is 7.00. The second-order valence-electron chi connectivity index (χ2n) is 9.43. The lowest BCUT2D eigenvalue weighted by atomic mass is 10.0. The molecule has 0 aliphatic carbocycles. The summed E-state index contributed by atoms with van der Waals surface area (Å²) in [6.45, 7) is 2.32. The summed E-state index contributed by atoms with van der Waals surface area (Å²) in [5, 5.41) is 6.02. The molecule has 2 fully saturated rings. The van der Waals surface area contributed by atoms with Gasteiger partial charge in [0.1, 0.15) is 6.04 Å². The van der Waals surface area contributed by atoms with E-state index in [9.17, 15) is 18.0 Å². The summed E-state index contributed by atoms with van der Waals surface area (Å²) in [5.74, 6) is -0.00407. The van der Waals surface area contributed by atoms with E-state index in [-0.39, 0.29) is 29.9 Å². The number of hydrogen-bond acceptors (Lipinski definition) is 7. The number of benzene rings is 1. The first-order valence-electron chi connectivity index (χ1n) is 11.9. The highest BCUT2D eigenvalue weighted by atomic mass is 32.2. The van der Waals surface area contributed by atoms with Crippen LogP contribution in [0.15, 0.2) is 53.7 Å². The van der Waals surface area contributed by atoms with E-state index in [1.54, 1.807) is 24.5 Å². The van der Waals surface area contributed by atoms with Gasteiger partial charge in [0.15, 0.2) is 9.84 Å². The predicted octanol–water partition coefficient (Wildman–Crippen LogP) is 0.955. The number of pyridine rings is 1. The van der Waals surface area contributed by atoms with E-state index >= 15 is 0 Å². The first kappa shape index (κ1) is 25.3. The number of sulfone groups is 1. The lowest BCUT2D eigenvalue weighted by molar-refractivity contribution is -0.126. The summed E-state index contributed by atoms with van der Waals surface area (Å²) >= 11 is 0. The molecular weight excluding hydrogens is 466 g/mol. The Hall–Kier alpha value is -2.82. The highest BCUT2D eigenvalue weighted by molar-refractivity contribution is 7.90. The first-order valence-corrected chi connectivity index (χ1v) is 13.8. The van der Waals surface area contributed by atoms with Gasteiger partial charge in [-0.3, -0.25) is 24.4 Å². The Labute approximate surface area is 206 Å². The molecule has 0 bridgehead atoms. The number of fused-ring (bicyclic) bond motifs is 1. The van der Waals surface area contributed by atoms with Gasteiger partial charge in [-0.1, -0.05) is 18.2 Å². The topological polar surface area (TPSA) is 112 Å². The molecule has 9 nitrogen and oxygen atoms in total. The molecule has 2 aliphatic rings. The molecule has 35 heavy (non-hydrogen) atoms. The van der Waals surface area contributed by atoms with Crippen molar-refractivity contribution >= 4 is 21.7 Å². The van der Waals surface area contributed by atoms with Crippen molar-refractivity contribution in [2.24, 2.45) is 0 Å². The number of carbonyl (C=O) groups is 2. The smallest absolute Gasteiger partial charge is 0.239 e. The lowest BCUT2D eigenvalue weighted by Gasteiger charge is -2.33. The normalized spacial score (nSPS) is 23.4. The van der Waals surface area contributed by atoms with Gasteiger partial charge in [-0.15, -0.1) is 0 Å². The van der Waals surface area contributed by atoms with E-state index in [1.807, 2.05) is 31.3 Å². The van der Waals surface area contributed by atoms with E-state index in [2.05, 4.69) is 25.4 Å². The molecule has 4 rings (SSSR count). The fourth-order valence-corrected chi connectivity index (χ4v) is 5.62. The molecule has 2 N–H and O–H groups in total. The number of hydrogen-bond donors (Lipinski definition) is 2. The van der Waals surface area contributed by atoms with Gasteiger partial charge in [-0.05, 0) is 49.2 Å². The molecule has 0 unspecified atom stereocenters. The molecule has 2 aliphatic heterocycles. The minimum absolute atomic E-state index is 0.00985. The van der Waals surface area contributed by atoms with Crippen molar-refractivity contribution in [2.45, 2.75) is 55.4 Å². The number of likely N-dealkylation sites (tertiary alicyclic amines) is 1. The third-order valence-corrected chi connectivity index (χ3v) is 8.13. The van der Waals surface area contributed by atoms with Crippen molar-refractivity contribution in [1.82, 2.24) is 25.4 Å². The van der Waals surface area contributed by atoms with Gasteiger partial charge in [-0.25, -0.2) is 8.42 Å². The zero-order valence-corrected chi connectivity index (χ0v) is 21.0. The average molecular weight is 500 g/mol. The van der Waals surface area contributed by atoms with Crippen LogP contribution in [0.3, 0.4) is 0 Å². The molecular formula is C25H33N5O4S. The standard InChI is InChI=1S/C25H33N5O4S/c1-29-20(7-10-23(31)27-15-19-4-3-12-26-14-19)16-28-25(32)24-22(29)11-13-30(24)17-18-5-8-21(9-6-18)35(2,33)34/h3-6,8-9,12,14,20,22,24H,7,10-11,13,15-17H2,1-2H3,(H,27,31)(H,28,32)/t20-,22-,24-/m0/s1. The SMILES string of the molecule is CN1[C@@H](CCC(=O)NCc2cccnc2)CNC(=O)[C@@H]2[C@@H]1CCN2Cc1ccc(S(C)(=O)=O)cc1. The number of likely N-dealkylation sites (N-methyl/N-ethyl adjacent to an activating group) is 1. The molecule has 0 spiro atoms. The number of rotatable bonds is 8. The summed E-state index contributed by atoms with van der Waals surface area (Å²) in [7, 11) is -1.20. The van der Waals surface area contributed by atoms with Crippen LogP contribution in [0.5, 0.6) is 0 Å². The zero-order valence-electron chi connectivity index (χ0n) is 20.2. The third kappa shape index (κ3) is 6.25. The molecule has 3 atom stereocenters. The van der Waals surface area contributed by atoms with Crippen LogP contribution in [0.4, 0.5) is 0 Å². The molecule has 2 saturated heterocycles. The van der Waals surface area contributed by atoms with Crippen LogP contribution in [0.1, 0.15) is 30.4 Å². The fourth-order valence-electron chi connectivity index (χ4n) is 4.99. The second-order valence-corrected chi connectivity index (χ2v) is 11.4. The number of amides is 2. The largest absolute Gasteiger partial charge is 0.353 e. The summed E-state index contributed by atoms with van der Waals surface area (Å²) < 4.78 is 23.5. The van der Waals surface area contributed by atoms with Crippen LogP contribution in [0, 0.1) is 0 Å². The number of aromatic nitrogens is 1.